The van der Waals surface area contributed by atoms with Crippen LogP contribution in [0.3, 0.4) is 0 Å². The van der Waals surface area contributed by atoms with E-state index >= 15 is 0 Å². The first-order valence-corrected chi connectivity index (χ1v) is 3.53. The first kappa shape index (κ1) is 9.03. The van der Waals surface area contributed by atoms with Crippen molar-refractivity contribution >= 4 is 17.9 Å². The van der Waals surface area contributed by atoms with Gasteiger partial charge in [0.2, 0.25) is 0 Å². The molecule has 0 radical (unpaired) electrons. The summed E-state index contributed by atoms with van der Waals surface area (Å²) in [5.41, 5.74) is 7.69. The van der Waals surface area contributed by atoms with Gasteiger partial charge in [-0.2, -0.15) is 5.10 Å². The molecule has 0 saturated heterocycles. The van der Waals surface area contributed by atoms with Gasteiger partial charge in [-0.15, -0.1) is 12.4 Å². The van der Waals surface area contributed by atoms with Crippen molar-refractivity contribution in [2.24, 2.45) is 5.73 Å². The SMILES string of the molecule is Cl.NCc1cnn2ccccc12. The molecule has 64 valence electrons. The minimum absolute atomic E-state index is 0. The van der Waals surface area contributed by atoms with Gasteiger partial charge >= 0.3 is 0 Å². The molecule has 2 aromatic heterocycles. The molecule has 0 unspecified atom stereocenters. The van der Waals surface area contributed by atoms with Gasteiger partial charge in [0.1, 0.15) is 0 Å². The topological polar surface area (TPSA) is 43.3 Å². The normalized spacial score (nSPS) is 9.75. The minimum atomic E-state index is 0. The lowest BCUT2D eigenvalue weighted by Gasteiger charge is -1.92. The standard InChI is InChI=1S/C8H9N3.ClH/c9-5-7-6-10-11-4-2-1-3-8(7)11;/h1-4,6H,5,9H2;1H. The summed E-state index contributed by atoms with van der Waals surface area (Å²) in [6.07, 6.45) is 3.71. The highest BCUT2D eigenvalue weighted by Crippen LogP contribution is 2.07. The van der Waals surface area contributed by atoms with E-state index in [-0.39, 0.29) is 12.4 Å². The third kappa shape index (κ3) is 1.29. The van der Waals surface area contributed by atoms with Crippen molar-refractivity contribution in [2.45, 2.75) is 6.54 Å². The zero-order chi connectivity index (χ0) is 7.68. The minimum Gasteiger partial charge on any atom is -0.326 e. The number of nitrogens with two attached hydrogens (primary N) is 1. The van der Waals surface area contributed by atoms with Gasteiger partial charge in [0.15, 0.2) is 0 Å². The fourth-order valence-corrected chi connectivity index (χ4v) is 1.14. The molecule has 0 fully saturated rings. The number of aromatic nitrogens is 2. The van der Waals surface area contributed by atoms with E-state index in [1.54, 1.807) is 6.20 Å². The molecule has 2 N–H and O–H groups in total. The molecule has 4 heteroatoms. The molecule has 2 heterocycles. The molecule has 0 saturated carbocycles. The van der Waals surface area contributed by atoms with Gasteiger partial charge in [-0.1, -0.05) is 6.07 Å². The zero-order valence-corrected chi connectivity index (χ0v) is 7.29. The lowest BCUT2D eigenvalue weighted by Crippen LogP contribution is -1.94. The highest BCUT2D eigenvalue weighted by atomic mass is 35.5. The van der Waals surface area contributed by atoms with E-state index in [9.17, 15) is 0 Å². The number of hydrogen-bond donors (Lipinski definition) is 1. The Labute approximate surface area is 76.6 Å². The molecule has 0 aliphatic heterocycles. The van der Waals surface area contributed by atoms with Crippen molar-refractivity contribution in [1.29, 1.82) is 0 Å². The second kappa shape index (κ2) is 3.56. The summed E-state index contributed by atoms with van der Waals surface area (Å²) in [5.74, 6) is 0. The predicted molar refractivity (Wildman–Crippen MR) is 50.3 cm³/mol. The smallest absolute Gasteiger partial charge is 0.0706 e. The zero-order valence-electron chi connectivity index (χ0n) is 6.47. The van der Waals surface area contributed by atoms with Crippen LogP contribution in [0.1, 0.15) is 5.56 Å². The van der Waals surface area contributed by atoms with Crippen LogP contribution in [0.25, 0.3) is 5.52 Å². The van der Waals surface area contributed by atoms with Gasteiger partial charge in [-0.25, -0.2) is 4.52 Å². The lowest BCUT2D eigenvalue weighted by molar-refractivity contribution is 0.961. The van der Waals surface area contributed by atoms with E-state index in [0.717, 1.165) is 11.1 Å². The Morgan fingerprint density at radius 2 is 2.25 bits per heavy atom. The van der Waals surface area contributed by atoms with Crippen LogP contribution < -0.4 is 5.73 Å². The third-order valence-corrected chi connectivity index (χ3v) is 1.73. The van der Waals surface area contributed by atoms with Crippen molar-refractivity contribution in [3.8, 4) is 0 Å². The quantitative estimate of drug-likeness (QED) is 0.723. The first-order valence-electron chi connectivity index (χ1n) is 3.53. The highest BCUT2D eigenvalue weighted by Gasteiger charge is 1.98. The second-order valence-electron chi connectivity index (χ2n) is 2.40. The number of nitrogens with zero attached hydrogens (tertiary/aromatic N) is 2. The van der Waals surface area contributed by atoms with Crippen LogP contribution in [0, 0.1) is 0 Å². The summed E-state index contributed by atoms with van der Waals surface area (Å²) in [5, 5.41) is 4.13. The molecule has 3 nitrogen and oxygen atoms in total. The average molecular weight is 184 g/mol. The van der Waals surface area contributed by atoms with Crippen LogP contribution in [0.4, 0.5) is 0 Å². The largest absolute Gasteiger partial charge is 0.326 e. The molecule has 2 aromatic rings. The Morgan fingerprint density at radius 1 is 1.42 bits per heavy atom. The Hall–Kier alpha value is -1.06. The van der Waals surface area contributed by atoms with Crippen molar-refractivity contribution in [3.63, 3.8) is 0 Å². The van der Waals surface area contributed by atoms with Gasteiger partial charge in [0, 0.05) is 18.3 Å². The fourth-order valence-electron chi connectivity index (χ4n) is 1.14. The molecule has 2 rings (SSSR count). The van der Waals surface area contributed by atoms with Gasteiger partial charge < -0.3 is 5.73 Å². The molecule has 0 bridgehead atoms. The van der Waals surface area contributed by atoms with Crippen molar-refractivity contribution < 1.29 is 0 Å². The van der Waals surface area contributed by atoms with Crippen molar-refractivity contribution in [1.82, 2.24) is 9.61 Å². The summed E-state index contributed by atoms with van der Waals surface area (Å²) in [4.78, 5) is 0. The molecule has 0 atom stereocenters. The Bertz CT molecular complexity index is 369. The van der Waals surface area contributed by atoms with E-state index < -0.39 is 0 Å². The van der Waals surface area contributed by atoms with Gasteiger partial charge in [0.05, 0.1) is 11.7 Å². The van der Waals surface area contributed by atoms with Crippen LogP contribution >= 0.6 is 12.4 Å². The average Bonchev–Trinajstić information content (AvgIpc) is 2.47. The monoisotopic (exact) mass is 183 g/mol. The molecule has 0 aromatic carbocycles. The van der Waals surface area contributed by atoms with Crippen LogP contribution in [0.15, 0.2) is 30.6 Å². The molecule has 12 heavy (non-hydrogen) atoms. The third-order valence-electron chi connectivity index (χ3n) is 1.73. The van der Waals surface area contributed by atoms with Crippen molar-refractivity contribution in [2.75, 3.05) is 0 Å². The Morgan fingerprint density at radius 3 is 3.00 bits per heavy atom. The number of pyridine rings is 1. The maximum Gasteiger partial charge on any atom is 0.0706 e. The Kier molecular flexibility index (Phi) is 2.68. The Balaban J connectivity index is 0.000000720. The van der Waals surface area contributed by atoms with Crippen LogP contribution in [0.2, 0.25) is 0 Å². The van der Waals surface area contributed by atoms with Crippen LogP contribution in [-0.2, 0) is 6.54 Å². The fraction of sp³-hybridized carbons (Fsp3) is 0.125. The summed E-state index contributed by atoms with van der Waals surface area (Å²) in [6.45, 7) is 0.549. The van der Waals surface area contributed by atoms with Gasteiger partial charge in [0.25, 0.3) is 0 Å². The van der Waals surface area contributed by atoms with E-state index in [0.29, 0.717) is 6.54 Å². The van der Waals surface area contributed by atoms with E-state index in [4.69, 9.17) is 5.73 Å². The van der Waals surface area contributed by atoms with Gasteiger partial charge in [-0.3, -0.25) is 0 Å². The molecule has 0 aliphatic carbocycles. The number of fused-ring (bicyclic) bond motifs is 1. The number of halogens is 1. The summed E-state index contributed by atoms with van der Waals surface area (Å²) in [7, 11) is 0. The van der Waals surface area contributed by atoms with E-state index in [1.807, 2.05) is 28.9 Å². The van der Waals surface area contributed by atoms with E-state index in [1.165, 1.54) is 0 Å². The first-order chi connectivity index (χ1) is 5.42. The molecule has 0 spiro atoms. The van der Waals surface area contributed by atoms with E-state index in [2.05, 4.69) is 5.10 Å². The van der Waals surface area contributed by atoms with Crippen molar-refractivity contribution in [3.05, 3.63) is 36.2 Å². The summed E-state index contributed by atoms with van der Waals surface area (Å²) >= 11 is 0. The number of rotatable bonds is 1. The summed E-state index contributed by atoms with van der Waals surface area (Å²) in [6, 6.07) is 5.94. The second-order valence-corrected chi connectivity index (χ2v) is 2.40. The maximum atomic E-state index is 5.51. The lowest BCUT2D eigenvalue weighted by atomic mass is 10.3. The predicted octanol–water partition coefficient (Wildman–Crippen LogP) is 1.21. The van der Waals surface area contributed by atoms with Crippen LogP contribution in [-0.4, -0.2) is 9.61 Å². The molecular weight excluding hydrogens is 174 g/mol. The molecule has 0 amide bonds. The molecule has 0 aliphatic rings. The molecular formula is C8H10ClN3. The maximum absolute atomic E-state index is 5.51. The van der Waals surface area contributed by atoms with Gasteiger partial charge in [-0.05, 0) is 12.1 Å². The van der Waals surface area contributed by atoms with Crippen LogP contribution in [0.5, 0.6) is 0 Å². The summed E-state index contributed by atoms with van der Waals surface area (Å²) < 4.78 is 1.82. The number of hydrogen-bond acceptors (Lipinski definition) is 2. The highest BCUT2D eigenvalue weighted by molar-refractivity contribution is 5.85.